The Bertz CT molecular complexity index is 1030. The first-order valence-electron chi connectivity index (χ1n) is 9.41. The lowest BCUT2D eigenvalue weighted by Crippen LogP contribution is -2.40. The molecule has 1 fully saturated rings. The van der Waals surface area contributed by atoms with Gasteiger partial charge < -0.3 is 9.73 Å². The van der Waals surface area contributed by atoms with Gasteiger partial charge in [-0.3, -0.25) is 14.5 Å². The van der Waals surface area contributed by atoms with Gasteiger partial charge in [-0.1, -0.05) is 28.4 Å². The highest BCUT2D eigenvalue weighted by Gasteiger charge is 2.24. The summed E-state index contributed by atoms with van der Waals surface area (Å²) in [5.74, 6) is -0.322. The van der Waals surface area contributed by atoms with Crippen LogP contribution in [-0.2, 0) is 0 Å². The second-order valence-electron chi connectivity index (χ2n) is 6.95. The summed E-state index contributed by atoms with van der Waals surface area (Å²) in [4.78, 5) is 28.7. The fourth-order valence-corrected chi connectivity index (χ4v) is 4.84. The molecule has 0 bridgehead atoms. The topological polar surface area (TPSA) is 62.6 Å². The maximum Gasteiger partial charge on any atom is 0.287 e. The Labute approximate surface area is 175 Å². The number of hydrogen-bond acceptors (Lipinski definition) is 5. The minimum absolute atomic E-state index is 0.0409. The van der Waals surface area contributed by atoms with Crippen LogP contribution in [0, 0.1) is 0 Å². The van der Waals surface area contributed by atoms with E-state index >= 15 is 0 Å². The zero-order chi connectivity index (χ0) is 19.5. The number of carbonyl (C=O) groups excluding carboxylic acids is 1. The average Bonchev–Trinajstić information content (AvgIpc) is 3.23. The summed E-state index contributed by atoms with van der Waals surface area (Å²) in [5, 5.41) is 5.50. The average molecular weight is 461 g/mol. The highest BCUT2D eigenvalue weighted by atomic mass is 79.9. The van der Waals surface area contributed by atoms with Crippen LogP contribution in [0.15, 0.2) is 55.5 Å². The van der Waals surface area contributed by atoms with E-state index in [0.29, 0.717) is 17.5 Å². The maximum absolute atomic E-state index is 12.7. The Kier molecular flexibility index (Phi) is 5.94. The van der Waals surface area contributed by atoms with Gasteiger partial charge in [0.15, 0.2) is 11.2 Å². The summed E-state index contributed by atoms with van der Waals surface area (Å²) in [6.07, 6.45) is 3.63. The lowest BCUT2D eigenvalue weighted by Gasteiger charge is -2.34. The van der Waals surface area contributed by atoms with Crippen LogP contribution in [0.4, 0.5) is 0 Å². The molecule has 28 heavy (non-hydrogen) atoms. The summed E-state index contributed by atoms with van der Waals surface area (Å²) in [7, 11) is 0. The molecule has 7 heteroatoms. The largest absolute Gasteiger partial charge is 0.451 e. The van der Waals surface area contributed by atoms with Crippen LogP contribution < -0.4 is 10.7 Å². The SMILES string of the molecule is O=C(NC[C@@H](c1cccs1)N1CCCCC1)c1cc(=O)c2ccc(Br)cc2o1. The van der Waals surface area contributed by atoms with Gasteiger partial charge in [-0.05, 0) is 55.6 Å². The maximum atomic E-state index is 12.7. The number of nitrogens with one attached hydrogen (secondary N) is 1. The highest BCUT2D eigenvalue weighted by molar-refractivity contribution is 9.10. The molecular weight excluding hydrogens is 440 g/mol. The molecule has 2 aromatic heterocycles. The minimum atomic E-state index is -0.363. The number of piperidine rings is 1. The van der Waals surface area contributed by atoms with Crippen LogP contribution in [0.25, 0.3) is 11.0 Å². The van der Waals surface area contributed by atoms with Gasteiger partial charge in [0.25, 0.3) is 5.91 Å². The third-order valence-corrected chi connectivity index (χ3v) is 6.54. The highest BCUT2D eigenvalue weighted by Crippen LogP contribution is 2.27. The Morgan fingerprint density at radius 1 is 1.21 bits per heavy atom. The first kappa shape index (κ1) is 19.4. The third-order valence-electron chi connectivity index (χ3n) is 5.07. The number of carbonyl (C=O) groups is 1. The summed E-state index contributed by atoms with van der Waals surface area (Å²) in [5.41, 5.74) is 0.183. The van der Waals surface area contributed by atoms with Crippen LogP contribution in [0.1, 0.15) is 40.7 Å². The predicted octanol–water partition coefficient (Wildman–Crippen LogP) is 4.57. The van der Waals surface area contributed by atoms with Crippen LogP contribution >= 0.6 is 27.3 Å². The van der Waals surface area contributed by atoms with Gasteiger partial charge in [0, 0.05) is 22.0 Å². The molecule has 0 saturated carbocycles. The zero-order valence-electron chi connectivity index (χ0n) is 15.3. The first-order valence-corrected chi connectivity index (χ1v) is 11.1. The Morgan fingerprint density at radius 2 is 2.04 bits per heavy atom. The van der Waals surface area contributed by atoms with Crippen molar-refractivity contribution in [1.29, 1.82) is 0 Å². The summed E-state index contributed by atoms with van der Waals surface area (Å²) < 4.78 is 6.50. The number of benzene rings is 1. The van der Waals surface area contributed by atoms with Crippen molar-refractivity contribution in [1.82, 2.24) is 10.2 Å². The number of hydrogen-bond donors (Lipinski definition) is 1. The molecule has 3 heterocycles. The second-order valence-corrected chi connectivity index (χ2v) is 8.85. The van der Waals surface area contributed by atoms with Crippen LogP contribution in [-0.4, -0.2) is 30.4 Å². The fraction of sp³-hybridized carbons (Fsp3) is 0.333. The van der Waals surface area contributed by atoms with Crippen molar-refractivity contribution in [2.75, 3.05) is 19.6 Å². The standard InChI is InChI=1S/C21H21BrN2O3S/c22-14-6-7-15-17(25)12-19(27-18(15)11-14)21(26)23-13-16(20-5-4-10-28-20)24-8-2-1-3-9-24/h4-7,10-12,16H,1-3,8-9,13H2,(H,23,26)/t16-/m0/s1. The van der Waals surface area contributed by atoms with Crippen LogP contribution in [0.3, 0.4) is 0 Å². The van der Waals surface area contributed by atoms with Crippen molar-refractivity contribution in [2.24, 2.45) is 0 Å². The van der Waals surface area contributed by atoms with E-state index in [1.165, 1.54) is 30.2 Å². The number of thiophene rings is 1. The van der Waals surface area contributed by atoms with Gasteiger partial charge >= 0.3 is 0 Å². The van der Waals surface area contributed by atoms with E-state index in [-0.39, 0.29) is 23.1 Å². The lowest BCUT2D eigenvalue weighted by atomic mass is 10.1. The van der Waals surface area contributed by atoms with Gasteiger partial charge in [0.1, 0.15) is 5.58 Å². The Balaban J connectivity index is 1.53. The van der Waals surface area contributed by atoms with Crippen molar-refractivity contribution in [3.8, 4) is 0 Å². The first-order chi connectivity index (χ1) is 13.6. The molecule has 3 aromatic rings. The van der Waals surface area contributed by atoms with Crippen molar-refractivity contribution < 1.29 is 9.21 Å². The Morgan fingerprint density at radius 3 is 2.79 bits per heavy atom. The number of likely N-dealkylation sites (tertiary alicyclic amines) is 1. The summed E-state index contributed by atoms with van der Waals surface area (Å²) in [6, 6.07) is 10.7. The molecule has 4 rings (SSSR count). The quantitative estimate of drug-likeness (QED) is 0.605. The Hall–Kier alpha value is -1.96. The number of fused-ring (bicyclic) bond motifs is 1. The lowest BCUT2D eigenvalue weighted by molar-refractivity contribution is 0.0899. The van der Waals surface area contributed by atoms with E-state index in [0.717, 1.165) is 17.6 Å². The van der Waals surface area contributed by atoms with E-state index in [1.807, 2.05) is 6.07 Å². The van der Waals surface area contributed by atoms with Gasteiger partial charge in [-0.25, -0.2) is 0 Å². The molecule has 1 aliphatic heterocycles. The molecule has 1 atom stereocenters. The molecule has 146 valence electrons. The van der Waals surface area contributed by atoms with E-state index in [2.05, 4.69) is 37.6 Å². The second kappa shape index (κ2) is 8.59. The van der Waals surface area contributed by atoms with E-state index in [1.54, 1.807) is 29.5 Å². The molecular formula is C21H21BrN2O3S. The predicted molar refractivity (Wildman–Crippen MR) is 115 cm³/mol. The summed E-state index contributed by atoms with van der Waals surface area (Å²) >= 11 is 5.07. The monoisotopic (exact) mass is 460 g/mol. The van der Waals surface area contributed by atoms with Crippen molar-refractivity contribution in [2.45, 2.75) is 25.3 Å². The van der Waals surface area contributed by atoms with E-state index < -0.39 is 0 Å². The molecule has 1 N–H and O–H groups in total. The van der Waals surface area contributed by atoms with E-state index in [4.69, 9.17) is 4.42 Å². The zero-order valence-corrected chi connectivity index (χ0v) is 17.7. The molecule has 5 nitrogen and oxygen atoms in total. The molecule has 1 aromatic carbocycles. The molecule has 1 amide bonds. The molecule has 1 saturated heterocycles. The van der Waals surface area contributed by atoms with Gasteiger partial charge in [0.2, 0.25) is 0 Å². The molecule has 0 unspecified atom stereocenters. The number of amides is 1. The van der Waals surface area contributed by atoms with Gasteiger partial charge in [-0.2, -0.15) is 0 Å². The normalized spacial score (nSPS) is 16.2. The number of rotatable bonds is 5. The van der Waals surface area contributed by atoms with Crippen LogP contribution in [0.2, 0.25) is 0 Å². The van der Waals surface area contributed by atoms with E-state index in [9.17, 15) is 9.59 Å². The minimum Gasteiger partial charge on any atom is -0.451 e. The van der Waals surface area contributed by atoms with Crippen LogP contribution in [0.5, 0.6) is 0 Å². The fourth-order valence-electron chi connectivity index (χ4n) is 3.64. The van der Waals surface area contributed by atoms with Crippen molar-refractivity contribution in [3.63, 3.8) is 0 Å². The smallest absolute Gasteiger partial charge is 0.287 e. The molecule has 0 radical (unpaired) electrons. The van der Waals surface area contributed by atoms with Crippen molar-refractivity contribution >= 4 is 44.1 Å². The molecule has 1 aliphatic rings. The molecule has 0 aliphatic carbocycles. The summed E-state index contributed by atoms with van der Waals surface area (Å²) in [6.45, 7) is 2.56. The van der Waals surface area contributed by atoms with Gasteiger partial charge in [-0.15, -0.1) is 11.3 Å². The van der Waals surface area contributed by atoms with Gasteiger partial charge in [0.05, 0.1) is 11.4 Å². The molecule has 0 spiro atoms. The third kappa shape index (κ3) is 4.21. The van der Waals surface area contributed by atoms with Crippen molar-refractivity contribution in [3.05, 3.63) is 67.1 Å². The number of halogens is 1. The number of nitrogens with zero attached hydrogens (tertiary/aromatic N) is 1.